The average Bonchev–Trinajstić information content (AvgIpc) is 2.89. The minimum Gasteiger partial charge on any atom is -0.307 e. The van der Waals surface area contributed by atoms with Crippen LogP contribution in [0.2, 0.25) is 0 Å². The second-order valence-electron chi connectivity index (χ2n) is 6.24. The number of aryl methyl sites for hydroxylation is 2. The first-order valence-electron chi connectivity index (χ1n) is 8.40. The number of benzene rings is 2. The number of nitrogens with one attached hydrogen (secondary N) is 1. The van der Waals surface area contributed by atoms with Crippen molar-refractivity contribution in [2.45, 2.75) is 13.8 Å². The number of hydrogen-bond donors (Lipinski definition) is 1. The van der Waals surface area contributed by atoms with Gasteiger partial charge in [0.15, 0.2) is 0 Å². The standard InChI is InChI=1S/C21H19BrFN3O/c1-13(17-6-4-5-7-18(17)23)12-19(27)24-21-20(14(2)25-26(21)3)15-8-10-16(22)11-9-15/h4-12H,1-3H3,(H,24,27)/b13-12+. The number of anilines is 1. The molecule has 4 nitrogen and oxygen atoms in total. The molecule has 0 saturated heterocycles. The Hall–Kier alpha value is -2.73. The number of rotatable bonds is 4. The summed E-state index contributed by atoms with van der Waals surface area (Å²) in [7, 11) is 1.78. The molecular formula is C21H19BrFN3O. The fourth-order valence-corrected chi connectivity index (χ4v) is 3.24. The Morgan fingerprint density at radius 1 is 1.19 bits per heavy atom. The molecule has 1 aromatic heterocycles. The molecule has 0 aliphatic heterocycles. The number of hydrogen-bond acceptors (Lipinski definition) is 2. The maximum atomic E-state index is 13.9. The van der Waals surface area contributed by atoms with Crippen LogP contribution in [0, 0.1) is 12.7 Å². The molecule has 0 fully saturated rings. The number of carbonyl (C=O) groups is 1. The first-order valence-corrected chi connectivity index (χ1v) is 9.20. The monoisotopic (exact) mass is 427 g/mol. The fourth-order valence-electron chi connectivity index (χ4n) is 2.97. The minimum absolute atomic E-state index is 0.336. The molecule has 0 bridgehead atoms. The number of nitrogens with zero attached hydrogens (tertiary/aromatic N) is 2. The van der Waals surface area contributed by atoms with Gasteiger partial charge in [-0.2, -0.15) is 5.10 Å². The summed E-state index contributed by atoms with van der Waals surface area (Å²) in [5.41, 5.74) is 3.57. The molecule has 0 unspecified atom stereocenters. The third-order valence-corrected chi connectivity index (χ3v) is 4.77. The highest BCUT2D eigenvalue weighted by atomic mass is 79.9. The fraction of sp³-hybridized carbons (Fsp3) is 0.143. The summed E-state index contributed by atoms with van der Waals surface area (Å²) in [4.78, 5) is 12.5. The molecule has 138 valence electrons. The largest absolute Gasteiger partial charge is 0.307 e. The highest BCUT2D eigenvalue weighted by Crippen LogP contribution is 2.32. The van der Waals surface area contributed by atoms with Crippen molar-refractivity contribution in [1.29, 1.82) is 0 Å². The van der Waals surface area contributed by atoms with Crippen molar-refractivity contribution in [3.05, 3.63) is 76.2 Å². The van der Waals surface area contributed by atoms with Gasteiger partial charge in [0.1, 0.15) is 11.6 Å². The van der Waals surface area contributed by atoms with Gasteiger partial charge in [-0.05, 0) is 43.2 Å². The van der Waals surface area contributed by atoms with Crippen molar-refractivity contribution < 1.29 is 9.18 Å². The van der Waals surface area contributed by atoms with Crippen molar-refractivity contribution >= 4 is 33.2 Å². The Kier molecular flexibility index (Phi) is 5.56. The van der Waals surface area contributed by atoms with E-state index in [4.69, 9.17) is 0 Å². The summed E-state index contributed by atoms with van der Waals surface area (Å²) in [6.45, 7) is 3.61. The predicted molar refractivity (Wildman–Crippen MR) is 110 cm³/mol. The van der Waals surface area contributed by atoms with Gasteiger partial charge < -0.3 is 5.32 Å². The number of halogens is 2. The van der Waals surface area contributed by atoms with E-state index >= 15 is 0 Å². The molecule has 0 aliphatic rings. The van der Waals surface area contributed by atoms with Crippen molar-refractivity contribution in [2.75, 3.05) is 5.32 Å². The third-order valence-electron chi connectivity index (χ3n) is 4.24. The quantitative estimate of drug-likeness (QED) is 0.571. The number of aromatic nitrogens is 2. The van der Waals surface area contributed by atoms with Crippen molar-refractivity contribution in [3.63, 3.8) is 0 Å². The molecule has 0 atom stereocenters. The van der Waals surface area contributed by atoms with Crippen LogP contribution in [0.3, 0.4) is 0 Å². The van der Waals surface area contributed by atoms with Crippen LogP contribution in [-0.2, 0) is 11.8 Å². The predicted octanol–water partition coefficient (Wildman–Crippen LogP) is 5.34. The zero-order valence-corrected chi connectivity index (χ0v) is 16.8. The van der Waals surface area contributed by atoms with E-state index in [0.29, 0.717) is 17.0 Å². The zero-order valence-electron chi connectivity index (χ0n) is 15.3. The Morgan fingerprint density at radius 3 is 2.52 bits per heavy atom. The third kappa shape index (κ3) is 4.17. The topological polar surface area (TPSA) is 46.9 Å². The molecule has 2 aromatic carbocycles. The molecule has 27 heavy (non-hydrogen) atoms. The molecule has 3 aromatic rings. The van der Waals surface area contributed by atoms with Crippen LogP contribution in [0.15, 0.2) is 59.1 Å². The molecule has 0 aliphatic carbocycles. The Balaban J connectivity index is 1.92. The van der Waals surface area contributed by atoms with Crippen LogP contribution in [0.4, 0.5) is 10.2 Å². The normalized spacial score (nSPS) is 11.5. The van der Waals surface area contributed by atoms with Gasteiger partial charge in [-0.25, -0.2) is 4.39 Å². The lowest BCUT2D eigenvalue weighted by atomic mass is 10.1. The summed E-state index contributed by atoms with van der Waals surface area (Å²) in [6.07, 6.45) is 1.39. The van der Waals surface area contributed by atoms with Gasteiger partial charge in [0.2, 0.25) is 5.91 Å². The lowest BCUT2D eigenvalue weighted by Gasteiger charge is -2.09. The van der Waals surface area contributed by atoms with Gasteiger partial charge in [0, 0.05) is 28.7 Å². The van der Waals surface area contributed by atoms with Gasteiger partial charge in [-0.1, -0.05) is 46.3 Å². The van der Waals surface area contributed by atoms with Crippen LogP contribution in [0.5, 0.6) is 0 Å². The van der Waals surface area contributed by atoms with Crippen molar-refractivity contribution in [3.8, 4) is 11.1 Å². The highest BCUT2D eigenvalue weighted by molar-refractivity contribution is 9.10. The Labute approximate surface area is 165 Å². The smallest absolute Gasteiger partial charge is 0.249 e. The van der Waals surface area contributed by atoms with Crippen molar-refractivity contribution in [2.24, 2.45) is 7.05 Å². The molecule has 3 rings (SSSR count). The zero-order chi connectivity index (χ0) is 19.6. The Morgan fingerprint density at radius 2 is 1.85 bits per heavy atom. The van der Waals surface area contributed by atoms with E-state index in [1.807, 2.05) is 31.2 Å². The van der Waals surface area contributed by atoms with Crippen LogP contribution in [0.1, 0.15) is 18.2 Å². The van der Waals surface area contributed by atoms with Gasteiger partial charge in [0.05, 0.1) is 5.69 Å². The molecule has 1 heterocycles. The molecule has 0 saturated carbocycles. The molecule has 1 N–H and O–H groups in total. The first kappa shape index (κ1) is 19.0. The molecule has 6 heteroatoms. The van der Waals surface area contributed by atoms with E-state index in [9.17, 15) is 9.18 Å². The summed E-state index contributed by atoms with van der Waals surface area (Å²) >= 11 is 3.43. The second kappa shape index (κ2) is 7.88. The Bertz CT molecular complexity index is 1020. The summed E-state index contributed by atoms with van der Waals surface area (Å²) < 4.78 is 16.5. The molecule has 0 spiro atoms. The van der Waals surface area contributed by atoms with Gasteiger partial charge >= 0.3 is 0 Å². The van der Waals surface area contributed by atoms with Crippen LogP contribution < -0.4 is 5.32 Å². The van der Waals surface area contributed by atoms with E-state index < -0.39 is 0 Å². The molecule has 1 amide bonds. The van der Waals surface area contributed by atoms with Crippen molar-refractivity contribution in [1.82, 2.24) is 9.78 Å². The van der Waals surface area contributed by atoms with E-state index in [-0.39, 0.29) is 11.7 Å². The maximum Gasteiger partial charge on any atom is 0.249 e. The van der Waals surface area contributed by atoms with E-state index in [1.165, 1.54) is 12.1 Å². The first-order chi connectivity index (χ1) is 12.9. The van der Waals surface area contributed by atoms with Gasteiger partial charge in [-0.15, -0.1) is 0 Å². The van der Waals surface area contributed by atoms with E-state index in [2.05, 4.69) is 26.3 Å². The second-order valence-corrected chi connectivity index (χ2v) is 7.15. The minimum atomic E-state index is -0.356. The van der Waals surface area contributed by atoms with E-state index in [0.717, 1.165) is 21.3 Å². The summed E-state index contributed by atoms with van der Waals surface area (Å²) in [5.74, 6) is -0.0968. The lowest BCUT2D eigenvalue weighted by Crippen LogP contribution is -2.13. The SMILES string of the molecule is C/C(=C\C(=O)Nc1c(-c2ccc(Br)cc2)c(C)nn1C)c1ccccc1F. The summed E-state index contributed by atoms with van der Waals surface area (Å²) in [6, 6.07) is 14.2. The van der Waals surface area contributed by atoms with Gasteiger partial charge in [0.25, 0.3) is 0 Å². The summed E-state index contributed by atoms with van der Waals surface area (Å²) in [5, 5.41) is 7.31. The maximum absolute atomic E-state index is 13.9. The van der Waals surface area contributed by atoms with Gasteiger partial charge in [-0.3, -0.25) is 9.48 Å². The number of carbonyl (C=O) groups excluding carboxylic acids is 1. The van der Waals surface area contributed by atoms with Crippen LogP contribution in [0.25, 0.3) is 16.7 Å². The lowest BCUT2D eigenvalue weighted by molar-refractivity contribution is -0.111. The van der Waals surface area contributed by atoms with Crippen LogP contribution >= 0.6 is 15.9 Å². The average molecular weight is 428 g/mol. The molecule has 0 radical (unpaired) electrons. The highest BCUT2D eigenvalue weighted by Gasteiger charge is 2.17. The van der Waals surface area contributed by atoms with Crippen LogP contribution in [-0.4, -0.2) is 15.7 Å². The molecular weight excluding hydrogens is 409 g/mol. The number of allylic oxidation sites excluding steroid dienone is 1. The van der Waals surface area contributed by atoms with E-state index in [1.54, 1.807) is 36.9 Å². The number of amides is 1.